The van der Waals surface area contributed by atoms with E-state index in [9.17, 15) is 18.0 Å². The Bertz CT molecular complexity index is 1160. The van der Waals surface area contributed by atoms with Crippen LogP contribution in [0.3, 0.4) is 0 Å². The molecule has 0 saturated heterocycles. The molecule has 1 aromatic carbocycles. The highest BCUT2D eigenvalue weighted by molar-refractivity contribution is 6.35. The summed E-state index contributed by atoms with van der Waals surface area (Å²) in [7, 11) is 3.03. The summed E-state index contributed by atoms with van der Waals surface area (Å²) in [5, 5.41) is 11.3. The number of fused-ring (bicyclic) bond motifs is 1. The zero-order chi connectivity index (χ0) is 22.5. The number of carbonyl (C=O) groups is 1. The quantitative estimate of drug-likeness (QED) is 0.595. The van der Waals surface area contributed by atoms with Crippen LogP contribution >= 0.6 is 11.6 Å². The maximum Gasteiger partial charge on any atom is 0.470 e. The minimum absolute atomic E-state index is 0.209. The first-order valence-electron chi connectivity index (χ1n) is 9.23. The SMILES string of the molecule is COc1cccc(C(=O)N2CCc3c(nn(C)c3-c3nnc(C(F)(F)F)o3)[C@@H]2C)c1Cl. The van der Waals surface area contributed by atoms with E-state index in [4.69, 9.17) is 20.8 Å². The molecule has 1 aliphatic rings. The number of rotatable bonds is 3. The van der Waals surface area contributed by atoms with Gasteiger partial charge in [-0.2, -0.15) is 18.3 Å². The molecule has 0 aliphatic carbocycles. The number of carbonyl (C=O) groups excluding carboxylic acids is 1. The number of nitrogens with zero attached hydrogens (tertiary/aromatic N) is 5. The first-order chi connectivity index (χ1) is 14.6. The van der Waals surface area contributed by atoms with Gasteiger partial charge in [0, 0.05) is 19.2 Å². The van der Waals surface area contributed by atoms with Crippen molar-refractivity contribution in [2.45, 2.75) is 25.6 Å². The van der Waals surface area contributed by atoms with Crippen LogP contribution in [-0.2, 0) is 19.6 Å². The van der Waals surface area contributed by atoms with Gasteiger partial charge in [0.05, 0.1) is 29.4 Å². The Labute approximate surface area is 179 Å². The van der Waals surface area contributed by atoms with Crippen LogP contribution in [0.1, 0.15) is 40.5 Å². The molecule has 0 unspecified atom stereocenters. The van der Waals surface area contributed by atoms with E-state index >= 15 is 0 Å². The van der Waals surface area contributed by atoms with Gasteiger partial charge in [0.15, 0.2) is 0 Å². The van der Waals surface area contributed by atoms with E-state index in [2.05, 4.69) is 15.3 Å². The molecule has 164 valence electrons. The van der Waals surface area contributed by atoms with Crippen LogP contribution in [-0.4, -0.2) is 44.4 Å². The fraction of sp³-hybridized carbons (Fsp3) is 0.368. The number of amides is 1. The maximum atomic E-state index is 13.2. The minimum atomic E-state index is -4.74. The predicted molar refractivity (Wildman–Crippen MR) is 103 cm³/mol. The van der Waals surface area contributed by atoms with Crippen molar-refractivity contribution < 1.29 is 27.1 Å². The molecule has 12 heteroatoms. The molecule has 1 amide bonds. The van der Waals surface area contributed by atoms with Crippen LogP contribution in [0.2, 0.25) is 5.02 Å². The summed E-state index contributed by atoms with van der Waals surface area (Å²) in [6, 6.07) is 4.48. The van der Waals surface area contributed by atoms with Crippen molar-refractivity contribution in [1.29, 1.82) is 0 Å². The van der Waals surface area contributed by atoms with Crippen LogP contribution in [0.5, 0.6) is 5.75 Å². The zero-order valence-corrected chi connectivity index (χ0v) is 17.5. The lowest BCUT2D eigenvalue weighted by Crippen LogP contribution is -2.39. The van der Waals surface area contributed by atoms with Crippen molar-refractivity contribution in [2.75, 3.05) is 13.7 Å². The van der Waals surface area contributed by atoms with Crippen molar-refractivity contribution in [3.63, 3.8) is 0 Å². The fourth-order valence-corrected chi connectivity index (χ4v) is 3.99. The summed E-state index contributed by atoms with van der Waals surface area (Å²) in [5.74, 6) is -1.61. The van der Waals surface area contributed by atoms with E-state index in [-0.39, 0.29) is 16.8 Å². The highest BCUT2D eigenvalue weighted by Crippen LogP contribution is 2.38. The highest BCUT2D eigenvalue weighted by atomic mass is 35.5. The molecule has 4 rings (SSSR count). The molecule has 0 N–H and O–H groups in total. The summed E-state index contributed by atoms with van der Waals surface area (Å²) in [5.41, 5.74) is 1.80. The van der Waals surface area contributed by atoms with Crippen molar-refractivity contribution in [2.24, 2.45) is 7.05 Å². The molecule has 1 atom stereocenters. The Balaban J connectivity index is 1.68. The van der Waals surface area contributed by atoms with Gasteiger partial charge in [-0.15, -0.1) is 10.2 Å². The van der Waals surface area contributed by atoms with E-state index in [0.717, 1.165) is 0 Å². The van der Waals surface area contributed by atoms with Gasteiger partial charge in [-0.25, -0.2) is 0 Å². The topological polar surface area (TPSA) is 86.3 Å². The largest absolute Gasteiger partial charge is 0.495 e. The average Bonchev–Trinajstić information content (AvgIpc) is 3.32. The summed E-state index contributed by atoms with van der Waals surface area (Å²) in [4.78, 5) is 14.8. The highest BCUT2D eigenvalue weighted by Gasteiger charge is 2.40. The third kappa shape index (κ3) is 3.52. The van der Waals surface area contributed by atoms with Crippen molar-refractivity contribution in [3.8, 4) is 17.3 Å². The summed E-state index contributed by atoms with van der Waals surface area (Å²) in [6.45, 7) is 2.09. The number of benzene rings is 1. The molecular weight excluding hydrogens is 439 g/mol. The monoisotopic (exact) mass is 455 g/mol. The molecule has 0 bridgehead atoms. The smallest absolute Gasteiger partial charge is 0.470 e. The standard InChI is InChI=1S/C19H17ClF3N5O3/c1-9-14-11(15(27(2)26-14)16-24-25-18(31-16)19(21,22)23)7-8-28(9)17(29)10-5-4-6-12(30-3)13(10)20/h4-6,9H,7-8H2,1-3H3/t9-/m0/s1. The molecule has 0 spiro atoms. The van der Waals surface area contributed by atoms with Crippen LogP contribution in [0.25, 0.3) is 11.6 Å². The van der Waals surface area contributed by atoms with Crippen molar-refractivity contribution >= 4 is 17.5 Å². The van der Waals surface area contributed by atoms with Gasteiger partial charge in [0.1, 0.15) is 11.4 Å². The van der Waals surface area contributed by atoms with E-state index in [1.165, 1.54) is 11.8 Å². The van der Waals surface area contributed by atoms with Gasteiger partial charge >= 0.3 is 12.1 Å². The molecule has 0 radical (unpaired) electrons. The molecule has 31 heavy (non-hydrogen) atoms. The number of aryl methyl sites for hydroxylation is 1. The second kappa shape index (κ2) is 7.56. The van der Waals surface area contributed by atoms with Crippen LogP contribution in [0.4, 0.5) is 13.2 Å². The number of aromatic nitrogens is 4. The minimum Gasteiger partial charge on any atom is -0.495 e. The lowest BCUT2D eigenvalue weighted by molar-refractivity contribution is -0.157. The Morgan fingerprint density at radius 3 is 2.71 bits per heavy atom. The lowest BCUT2D eigenvalue weighted by atomic mass is 9.97. The van der Waals surface area contributed by atoms with Gasteiger partial charge in [0.2, 0.25) is 0 Å². The van der Waals surface area contributed by atoms with E-state index < -0.39 is 18.1 Å². The molecule has 0 fully saturated rings. The van der Waals surface area contributed by atoms with Gasteiger partial charge < -0.3 is 14.1 Å². The fourth-order valence-electron chi connectivity index (χ4n) is 3.71. The lowest BCUT2D eigenvalue weighted by Gasteiger charge is -2.33. The number of hydrogen-bond donors (Lipinski definition) is 0. The van der Waals surface area contributed by atoms with Crippen LogP contribution in [0, 0.1) is 0 Å². The van der Waals surface area contributed by atoms with Crippen LogP contribution in [0.15, 0.2) is 22.6 Å². The second-order valence-corrected chi connectivity index (χ2v) is 7.37. The van der Waals surface area contributed by atoms with E-state index in [1.54, 1.807) is 37.1 Å². The maximum absolute atomic E-state index is 13.2. The molecule has 0 saturated carbocycles. The van der Waals surface area contributed by atoms with Gasteiger partial charge in [-0.1, -0.05) is 17.7 Å². The summed E-state index contributed by atoms with van der Waals surface area (Å²) < 4.78 is 50.0. The number of alkyl halides is 3. The normalized spacial score (nSPS) is 16.4. The Hall–Kier alpha value is -3.08. The first kappa shape index (κ1) is 21.2. The van der Waals surface area contributed by atoms with E-state index in [1.807, 2.05) is 0 Å². The Morgan fingerprint density at radius 2 is 2.06 bits per heavy atom. The number of hydrogen-bond acceptors (Lipinski definition) is 6. The van der Waals surface area contributed by atoms with Gasteiger partial charge in [-0.05, 0) is 25.5 Å². The zero-order valence-electron chi connectivity index (χ0n) is 16.7. The van der Waals surface area contributed by atoms with Crippen molar-refractivity contribution in [1.82, 2.24) is 24.9 Å². The van der Waals surface area contributed by atoms with Gasteiger partial charge in [0.25, 0.3) is 11.8 Å². The number of halogens is 4. The average molecular weight is 456 g/mol. The molecular formula is C19H17ClF3N5O3. The van der Waals surface area contributed by atoms with Crippen LogP contribution < -0.4 is 4.74 Å². The third-order valence-corrected chi connectivity index (χ3v) is 5.58. The summed E-state index contributed by atoms with van der Waals surface area (Å²) >= 11 is 6.31. The number of methoxy groups -OCH3 is 1. The molecule has 8 nitrogen and oxygen atoms in total. The van der Waals surface area contributed by atoms with E-state index in [0.29, 0.717) is 41.2 Å². The predicted octanol–water partition coefficient (Wildman–Crippen LogP) is 3.91. The van der Waals surface area contributed by atoms with Crippen molar-refractivity contribution in [3.05, 3.63) is 45.9 Å². The summed E-state index contributed by atoms with van der Waals surface area (Å²) in [6.07, 6.45) is -4.39. The number of ether oxygens (including phenoxy) is 1. The van der Waals surface area contributed by atoms with Gasteiger partial charge in [-0.3, -0.25) is 9.48 Å². The molecule has 2 aromatic heterocycles. The molecule has 3 heterocycles. The Morgan fingerprint density at radius 1 is 1.32 bits per heavy atom. The third-order valence-electron chi connectivity index (χ3n) is 5.19. The second-order valence-electron chi connectivity index (χ2n) is 6.99. The molecule has 3 aromatic rings. The Kier molecular flexibility index (Phi) is 5.16. The molecule has 1 aliphatic heterocycles. The first-order valence-corrected chi connectivity index (χ1v) is 9.61.